The Hall–Kier alpha value is -0.320. The van der Waals surface area contributed by atoms with Crippen LogP contribution >= 0.6 is 11.6 Å². The first-order valence-electron chi connectivity index (χ1n) is 5.69. The topological polar surface area (TPSA) is 38.8 Å². The van der Waals surface area contributed by atoms with E-state index >= 15 is 0 Å². The number of carbonyl (C=O) groups excluding carboxylic acids is 1. The number of amides is 1. The molecule has 0 radical (unpaired) electrons. The molecule has 0 aromatic rings. The Morgan fingerprint density at radius 1 is 1.69 bits per heavy atom. The van der Waals surface area contributed by atoms with E-state index < -0.39 is 0 Å². The minimum atomic E-state index is -0.180. The molecule has 5 heteroatoms. The molecule has 0 bridgehead atoms. The maximum atomic E-state index is 11.5. The number of ether oxygens (including phenoxy) is 2. The van der Waals surface area contributed by atoms with Crippen molar-refractivity contribution in [3.63, 3.8) is 0 Å². The third-order valence-electron chi connectivity index (χ3n) is 3.56. The van der Waals surface area contributed by atoms with Gasteiger partial charge in [0.05, 0.1) is 11.7 Å². The summed E-state index contributed by atoms with van der Waals surface area (Å²) in [6.45, 7) is 2.14. The second-order valence-electron chi connectivity index (χ2n) is 4.58. The van der Waals surface area contributed by atoms with Gasteiger partial charge in [0, 0.05) is 33.2 Å². The lowest BCUT2D eigenvalue weighted by molar-refractivity contribution is -0.135. The molecule has 2 atom stereocenters. The minimum Gasteiger partial charge on any atom is -0.381 e. The highest BCUT2D eigenvalue weighted by Gasteiger charge is 2.44. The zero-order chi connectivity index (χ0) is 11.6. The Bertz CT molecular complexity index is 274. The van der Waals surface area contributed by atoms with Crippen molar-refractivity contribution in [3.05, 3.63) is 0 Å². The molecule has 1 amide bonds. The molecule has 0 N–H and O–H groups in total. The molecule has 2 rings (SSSR count). The second kappa shape index (κ2) is 4.90. The van der Waals surface area contributed by atoms with Gasteiger partial charge in [-0.3, -0.25) is 4.79 Å². The number of likely N-dealkylation sites (tertiary alicyclic amines) is 1. The van der Waals surface area contributed by atoms with Crippen LogP contribution in [-0.4, -0.2) is 55.2 Å². The first-order chi connectivity index (χ1) is 7.69. The summed E-state index contributed by atoms with van der Waals surface area (Å²) in [6.07, 6.45) is 2.99. The Morgan fingerprint density at radius 2 is 2.50 bits per heavy atom. The van der Waals surface area contributed by atoms with E-state index in [2.05, 4.69) is 0 Å². The van der Waals surface area contributed by atoms with Gasteiger partial charge in [0.25, 0.3) is 0 Å². The van der Waals surface area contributed by atoms with Crippen LogP contribution in [0.1, 0.15) is 19.3 Å². The molecule has 0 aromatic carbocycles. The van der Waals surface area contributed by atoms with Crippen molar-refractivity contribution in [3.8, 4) is 0 Å². The van der Waals surface area contributed by atoms with Crippen molar-refractivity contribution in [2.24, 2.45) is 0 Å². The molecule has 2 saturated heterocycles. The van der Waals surface area contributed by atoms with Gasteiger partial charge >= 0.3 is 0 Å². The van der Waals surface area contributed by atoms with Gasteiger partial charge in [-0.2, -0.15) is 0 Å². The fraction of sp³-hybridized carbons (Fsp3) is 0.909. The summed E-state index contributed by atoms with van der Waals surface area (Å²) in [5.74, 6) is 0.0609. The van der Waals surface area contributed by atoms with Crippen LogP contribution in [0.25, 0.3) is 0 Å². The average molecular weight is 248 g/mol. The first-order valence-corrected chi connectivity index (χ1v) is 6.23. The Kier molecular flexibility index (Phi) is 3.72. The standard InChI is InChI=1S/C11H18ClNO3/c1-15-9-2-5-16-11(6-9)3-4-13(8-11)10(14)7-12/h9H,2-8H2,1H3. The summed E-state index contributed by atoms with van der Waals surface area (Å²) >= 11 is 5.56. The smallest absolute Gasteiger partial charge is 0.237 e. The molecule has 2 fully saturated rings. The van der Waals surface area contributed by atoms with Crippen molar-refractivity contribution in [1.29, 1.82) is 0 Å². The van der Waals surface area contributed by atoms with E-state index in [-0.39, 0.29) is 23.5 Å². The number of alkyl halides is 1. The zero-order valence-electron chi connectivity index (χ0n) is 9.58. The number of methoxy groups -OCH3 is 1. The van der Waals surface area contributed by atoms with E-state index in [0.29, 0.717) is 6.54 Å². The van der Waals surface area contributed by atoms with E-state index in [1.165, 1.54) is 0 Å². The normalized spacial score (nSPS) is 34.6. The fourth-order valence-corrected chi connectivity index (χ4v) is 2.78. The summed E-state index contributed by atoms with van der Waals surface area (Å²) in [6, 6.07) is 0. The predicted octanol–water partition coefficient (Wildman–Crippen LogP) is 1.02. The quantitative estimate of drug-likeness (QED) is 0.684. The van der Waals surface area contributed by atoms with E-state index in [0.717, 1.165) is 32.4 Å². The SMILES string of the molecule is COC1CCOC2(CCN(C(=O)CCl)C2)C1. The maximum Gasteiger partial charge on any atom is 0.237 e. The van der Waals surface area contributed by atoms with E-state index in [9.17, 15) is 4.79 Å². The molecule has 1 spiro atoms. The van der Waals surface area contributed by atoms with Crippen LogP contribution < -0.4 is 0 Å². The van der Waals surface area contributed by atoms with Crippen LogP contribution in [0.3, 0.4) is 0 Å². The summed E-state index contributed by atoms with van der Waals surface area (Å²) in [7, 11) is 1.74. The van der Waals surface area contributed by atoms with Crippen LogP contribution in [0.5, 0.6) is 0 Å². The van der Waals surface area contributed by atoms with E-state index in [4.69, 9.17) is 21.1 Å². The summed E-state index contributed by atoms with van der Waals surface area (Å²) < 4.78 is 11.3. The Balaban J connectivity index is 1.97. The maximum absolute atomic E-state index is 11.5. The molecule has 4 nitrogen and oxygen atoms in total. The number of rotatable bonds is 2. The molecular weight excluding hydrogens is 230 g/mol. The van der Waals surface area contributed by atoms with Gasteiger partial charge in [-0.1, -0.05) is 0 Å². The van der Waals surface area contributed by atoms with Crippen LogP contribution in [0.2, 0.25) is 0 Å². The van der Waals surface area contributed by atoms with Gasteiger partial charge in [0.15, 0.2) is 0 Å². The number of carbonyl (C=O) groups is 1. The van der Waals surface area contributed by atoms with Crippen molar-refractivity contribution < 1.29 is 14.3 Å². The minimum absolute atomic E-state index is 0.00156. The van der Waals surface area contributed by atoms with Crippen molar-refractivity contribution in [2.75, 3.05) is 32.7 Å². The van der Waals surface area contributed by atoms with E-state index in [1.807, 2.05) is 0 Å². The first kappa shape index (κ1) is 12.1. The van der Waals surface area contributed by atoms with Crippen molar-refractivity contribution >= 4 is 17.5 Å². The van der Waals surface area contributed by atoms with Gasteiger partial charge in [-0.05, 0) is 12.8 Å². The number of nitrogens with zero attached hydrogens (tertiary/aromatic N) is 1. The molecule has 0 aliphatic carbocycles. The van der Waals surface area contributed by atoms with Gasteiger partial charge in [-0.15, -0.1) is 11.6 Å². The monoisotopic (exact) mass is 247 g/mol. The molecule has 0 saturated carbocycles. The lowest BCUT2D eigenvalue weighted by Crippen LogP contribution is -2.45. The molecule has 0 aromatic heterocycles. The van der Waals surface area contributed by atoms with Crippen LogP contribution in [0.15, 0.2) is 0 Å². The number of hydrogen-bond acceptors (Lipinski definition) is 3. The van der Waals surface area contributed by atoms with Gasteiger partial charge in [0.1, 0.15) is 5.88 Å². The summed E-state index contributed by atoms with van der Waals surface area (Å²) in [5, 5.41) is 0. The third kappa shape index (κ3) is 2.34. The molecule has 2 heterocycles. The molecule has 2 aliphatic rings. The van der Waals surface area contributed by atoms with Crippen molar-refractivity contribution in [2.45, 2.75) is 31.0 Å². The largest absolute Gasteiger partial charge is 0.381 e. The molecule has 16 heavy (non-hydrogen) atoms. The number of hydrogen-bond donors (Lipinski definition) is 0. The second-order valence-corrected chi connectivity index (χ2v) is 4.85. The van der Waals surface area contributed by atoms with Crippen LogP contribution in [0.4, 0.5) is 0 Å². The van der Waals surface area contributed by atoms with E-state index in [1.54, 1.807) is 12.0 Å². The summed E-state index contributed by atoms with van der Waals surface area (Å²) in [5.41, 5.74) is -0.180. The predicted molar refractivity (Wildman–Crippen MR) is 60.6 cm³/mol. The lowest BCUT2D eigenvalue weighted by atomic mass is 9.91. The molecule has 92 valence electrons. The van der Waals surface area contributed by atoms with Gasteiger partial charge in [-0.25, -0.2) is 0 Å². The highest BCUT2D eigenvalue weighted by Crippen LogP contribution is 2.35. The highest BCUT2D eigenvalue weighted by atomic mass is 35.5. The molecule has 2 aliphatic heterocycles. The Morgan fingerprint density at radius 3 is 3.19 bits per heavy atom. The number of halogens is 1. The lowest BCUT2D eigenvalue weighted by Gasteiger charge is -2.37. The van der Waals surface area contributed by atoms with Crippen LogP contribution in [-0.2, 0) is 14.3 Å². The highest BCUT2D eigenvalue weighted by molar-refractivity contribution is 6.27. The average Bonchev–Trinajstić information content (AvgIpc) is 2.72. The molecule has 2 unspecified atom stereocenters. The van der Waals surface area contributed by atoms with Gasteiger partial charge < -0.3 is 14.4 Å². The summed E-state index contributed by atoms with van der Waals surface area (Å²) in [4.78, 5) is 13.3. The van der Waals surface area contributed by atoms with Crippen LogP contribution in [0, 0.1) is 0 Å². The molecular formula is C11H18ClNO3. The Labute approximate surface area is 101 Å². The fourth-order valence-electron chi connectivity index (χ4n) is 2.61. The van der Waals surface area contributed by atoms with Gasteiger partial charge in [0.2, 0.25) is 5.91 Å². The zero-order valence-corrected chi connectivity index (χ0v) is 10.3. The van der Waals surface area contributed by atoms with Crippen molar-refractivity contribution in [1.82, 2.24) is 4.90 Å². The third-order valence-corrected chi connectivity index (χ3v) is 3.79.